The second-order valence-corrected chi connectivity index (χ2v) is 6.63. The van der Waals surface area contributed by atoms with Crippen LogP contribution < -0.4 is 0 Å². The zero-order valence-electron chi connectivity index (χ0n) is 15.1. The van der Waals surface area contributed by atoms with E-state index in [0.717, 1.165) is 17.1 Å². The van der Waals surface area contributed by atoms with E-state index >= 15 is 0 Å². The number of hydrogen-bond donors (Lipinski definition) is 1. The lowest BCUT2D eigenvalue weighted by atomic mass is 9.85. The lowest BCUT2D eigenvalue weighted by molar-refractivity contribution is 0.797. The van der Waals surface area contributed by atoms with Gasteiger partial charge >= 0.3 is 0 Å². The maximum atomic E-state index is 4.25. The number of hydrogen-bond acceptors (Lipinski definition) is 3. The zero-order chi connectivity index (χ0) is 18.1. The van der Waals surface area contributed by atoms with Gasteiger partial charge in [-0.2, -0.15) is 0 Å². The number of nitrogens with one attached hydrogen (secondary N) is 1. The van der Waals surface area contributed by atoms with Crippen LogP contribution in [0.25, 0.3) is 5.69 Å². The third-order valence-electron chi connectivity index (χ3n) is 4.86. The van der Waals surface area contributed by atoms with Crippen molar-refractivity contribution in [3.63, 3.8) is 0 Å². The first-order chi connectivity index (χ1) is 12.6. The second kappa shape index (κ2) is 6.59. The normalized spacial score (nSPS) is 12.3. The van der Waals surface area contributed by atoms with E-state index in [1.807, 2.05) is 30.1 Å². The number of H-pyrrole nitrogens is 1. The van der Waals surface area contributed by atoms with Crippen molar-refractivity contribution in [3.05, 3.63) is 94.8 Å². The summed E-state index contributed by atoms with van der Waals surface area (Å²) in [7, 11) is 0. The Kier molecular flexibility index (Phi) is 4.13. The Bertz CT molecular complexity index is 1030. The topological polar surface area (TPSA) is 59.4 Å². The molecule has 0 aliphatic rings. The summed E-state index contributed by atoms with van der Waals surface area (Å²) in [5.41, 5.74) is 8.03. The fourth-order valence-electron chi connectivity index (χ4n) is 3.36. The van der Waals surface area contributed by atoms with Gasteiger partial charge in [-0.05, 0) is 55.2 Å². The van der Waals surface area contributed by atoms with Crippen molar-refractivity contribution in [3.8, 4) is 5.69 Å². The van der Waals surface area contributed by atoms with Crippen LogP contribution in [-0.2, 0) is 0 Å². The van der Waals surface area contributed by atoms with E-state index in [9.17, 15) is 0 Å². The molecule has 4 rings (SSSR count). The highest BCUT2D eigenvalue weighted by atomic mass is 15.4. The summed E-state index contributed by atoms with van der Waals surface area (Å²) in [4.78, 5) is 7.55. The predicted molar refractivity (Wildman–Crippen MR) is 102 cm³/mol. The van der Waals surface area contributed by atoms with Crippen LogP contribution in [-0.4, -0.2) is 25.0 Å². The summed E-state index contributed by atoms with van der Waals surface area (Å²) in [5, 5.41) is 8.30. The Morgan fingerprint density at radius 1 is 1.04 bits per heavy atom. The number of rotatable bonds is 4. The smallest absolute Gasteiger partial charge is 0.0922 e. The number of benzene rings is 2. The first-order valence-corrected chi connectivity index (χ1v) is 8.67. The Hall–Kier alpha value is -3.21. The molecule has 130 valence electrons. The molecular weight excluding hydrogens is 322 g/mol. The molecule has 2 aromatic heterocycles. The van der Waals surface area contributed by atoms with Gasteiger partial charge in [0.25, 0.3) is 0 Å². The third kappa shape index (κ3) is 2.92. The molecule has 0 fully saturated rings. The average molecular weight is 343 g/mol. The minimum absolute atomic E-state index is 0.0852. The van der Waals surface area contributed by atoms with Crippen LogP contribution in [0.5, 0.6) is 0 Å². The number of aromatic amines is 1. The highest BCUT2D eigenvalue weighted by molar-refractivity contribution is 5.48. The van der Waals surface area contributed by atoms with Crippen molar-refractivity contribution in [1.82, 2.24) is 25.0 Å². The van der Waals surface area contributed by atoms with Gasteiger partial charge in [-0.25, -0.2) is 9.67 Å². The number of nitrogens with zero attached hydrogens (tertiary/aromatic N) is 4. The SMILES string of the molecule is Cc1cn(-c2cccc(C(c3cnc[nH]3)c3cccc(C)c3C)c2)nn1. The molecule has 0 spiro atoms. The maximum absolute atomic E-state index is 4.25. The number of aromatic nitrogens is 5. The van der Waals surface area contributed by atoms with Crippen LogP contribution >= 0.6 is 0 Å². The predicted octanol–water partition coefficient (Wildman–Crippen LogP) is 4.10. The molecule has 0 radical (unpaired) electrons. The van der Waals surface area contributed by atoms with Gasteiger partial charge in [0, 0.05) is 11.9 Å². The van der Waals surface area contributed by atoms with Gasteiger partial charge in [-0.1, -0.05) is 35.5 Å². The van der Waals surface area contributed by atoms with Crippen LogP contribution in [0.3, 0.4) is 0 Å². The van der Waals surface area contributed by atoms with E-state index in [1.165, 1.54) is 22.3 Å². The van der Waals surface area contributed by atoms with Gasteiger partial charge in [-0.3, -0.25) is 0 Å². The van der Waals surface area contributed by atoms with Crippen LogP contribution in [0.4, 0.5) is 0 Å². The van der Waals surface area contributed by atoms with Crippen LogP contribution in [0.15, 0.2) is 61.2 Å². The van der Waals surface area contributed by atoms with E-state index in [4.69, 9.17) is 0 Å². The summed E-state index contributed by atoms with van der Waals surface area (Å²) >= 11 is 0. The minimum Gasteiger partial charge on any atom is -0.348 e. The van der Waals surface area contributed by atoms with Gasteiger partial charge < -0.3 is 4.98 Å². The van der Waals surface area contributed by atoms with E-state index in [-0.39, 0.29) is 5.92 Å². The Morgan fingerprint density at radius 3 is 2.62 bits per heavy atom. The summed E-state index contributed by atoms with van der Waals surface area (Å²) in [5.74, 6) is 0.0852. The first kappa shape index (κ1) is 16.3. The first-order valence-electron chi connectivity index (χ1n) is 8.67. The summed E-state index contributed by atoms with van der Waals surface area (Å²) in [6.45, 7) is 6.27. The molecule has 0 aliphatic carbocycles. The van der Waals surface area contributed by atoms with Crippen molar-refractivity contribution in [2.75, 3.05) is 0 Å². The fraction of sp³-hybridized carbons (Fsp3) is 0.190. The lowest BCUT2D eigenvalue weighted by Gasteiger charge is -2.20. The van der Waals surface area contributed by atoms with Crippen molar-refractivity contribution in [1.29, 1.82) is 0 Å². The van der Waals surface area contributed by atoms with Gasteiger partial charge in [-0.15, -0.1) is 5.10 Å². The largest absolute Gasteiger partial charge is 0.348 e. The fourth-order valence-corrected chi connectivity index (χ4v) is 3.36. The van der Waals surface area contributed by atoms with Crippen molar-refractivity contribution < 1.29 is 0 Å². The molecule has 1 N–H and O–H groups in total. The summed E-state index contributed by atoms with van der Waals surface area (Å²) < 4.78 is 1.81. The van der Waals surface area contributed by atoms with Crippen molar-refractivity contribution in [2.45, 2.75) is 26.7 Å². The molecule has 0 aliphatic heterocycles. The highest BCUT2D eigenvalue weighted by Crippen LogP contribution is 2.34. The van der Waals surface area contributed by atoms with Gasteiger partial charge in [0.2, 0.25) is 0 Å². The van der Waals surface area contributed by atoms with Gasteiger partial charge in [0.1, 0.15) is 0 Å². The molecule has 5 heteroatoms. The molecule has 2 heterocycles. The van der Waals surface area contributed by atoms with Crippen LogP contribution in [0.1, 0.15) is 39.6 Å². The Balaban J connectivity index is 1.87. The Labute approximate surface area is 152 Å². The average Bonchev–Trinajstić information content (AvgIpc) is 3.31. The van der Waals surface area contributed by atoms with Gasteiger partial charge in [0.15, 0.2) is 0 Å². The summed E-state index contributed by atoms with van der Waals surface area (Å²) in [6.07, 6.45) is 5.57. The summed E-state index contributed by atoms with van der Waals surface area (Å²) in [6, 6.07) is 14.9. The molecule has 0 saturated heterocycles. The number of aryl methyl sites for hydroxylation is 2. The maximum Gasteiger partial charge on any atom is 0.0922 e. The van der Waals surface area contributed by atoms with Crippen LogP contribution in [0, 0.1) is 20.8 Å². The zero-order valence-corrected chi connectivity index (χ0v) is 15.1. The van der Waals surface area contributed by atoms with Crippen LogP contribution in [0.2, 0.25) is 0 Å². The third-order valence-corrected chi connectivity index (χ3v) is 4.86. The number of imidazole rings is 1. The van der Waals surface area contributed by atoms with E-state index in [1.54, 1.807) is 6.33 Å². The standard InChI is InChI=1S/C21H21N5/c1-14-6-4-9-19(16(14)3)21(20-11-22-13-23-20)17-7-5-8-18(10-17)26-12-15(2)24-25-26/h4-13,21H,1-3H3,(H,22,23). The highest BCUT2D eigenvalue weighted by Gasteiger charge is 2.21. The lowest BCUT2D eigenvalue weighted by Crippen LogP contribution is -2.08. The second-order valence-electron chi connectivity index (χ2n) is 6.63. The quantitative estimate of drug-likeness (QED) is 0.607. The monoisotopic (exact) mass is 343 g/mol. The molecule has 1 unspecified atom stereocenters. The molecular formula is C21H21N5. The van der Waals surface area contributed by atoms with Crippen molar-refractivity contribution in [2.24, 2.45) is 0 Å². The molecule has 0 bridgehead atoms. The molecule has 5 nitrogen and oxygen atoms in total. The minimum atomic E-state index is 0.0852. The molecule has 2 aromatic carbocycles. The Morgan fingerprint density at radius 2 is 1.88 bits per heavy atom. The van der Waals surface area contributed by atoms with E-state index < -0.39 is 0 Å². The molecule has 4 aromatic rings. The molecule has 0 saturated carbocycles. The molecule has 0 amide bonds. The van der Waals surface area contributed by atoms with Gasteiger partial charge in [0.05, 0.1) is 29.8 Å². The van der Waals surface area contributed by atoms with E-state index in [0.29, 0.717) is 0 Å². The van der Waals surface area contributed by atoms with E-state index in [2.05, 4.69) is 70.5 Å². The molecule has 26 heavy (non-hydrogen) atoms. The van der Waals surface area contributed by atoms with Crippen molar-refractivity contribution >= 4 is 0 Å². The molecule has 1 atom stereocenters.